The van der Waals surface area contributed by atoms with Gasteiger partial charge in [0.05, 0.1) is 7.11 Å². The van der Waals surface area contributed by atoms with E-state index in [4.69, 9.17) is 4.74 Å². The van der Waals surface area contributed by atoms with E-state index in [1.54, 1.807) is 22.9 Å². The number of amides is 1. The first-order chi connectivity index (χ1) is 13.0. The fourth-order valence-electron chi connectivity index (χ4n) is 3.65. The van der Waals surface area contributed by atoms with Crippen LogP contribution in [0.15, 0.2) is 35.3 Å². The normalized spacial score (nSPS) is 19.6. The third-order valence-corrected chi connectivity index (χ3v) is 5.26. The van der Waals surface area contributed by atoms with E-state index in [0.29, 0.717) is 12.5 Å². The van der Waals surface area contributed by atoms with E-state index in [1.807, 2.05) is 0 Å². The molecule has 1 aromatic heterocycles. The summed E-state index contributed by atoms with van der Waals surface area (Å²) in [7, 11) is 1.33. The monoisotopic (exact) mass is 374 g/mol. The number of halogens is 2. The number of anilines is 1. The second-order valence-corrected chi connectivity index (χ2v) is 7.20. The summed E-state index contributed by atoms with van der Waals surface area (Å²) < 4.78 is 35.3. The van der Waals surface area contributed by atoms with Crippen molar-refractivity contribution in [1.29, 1.82) is 0 Å². The number of pyridine rings is 1. The summed E-state index contributed by atoms with van der Waals surface area (Å²) in [4.78, 5) is 26.6. The molecule has 2 aliphatic rings. The number of rotatable bonds is 5. The van der Waals surface area contributed by atoms with Gasteiger partial charge in [-0.2, -0.15) is 0 Å². The van der Waals surface area contributed by atoms with Crippen molar-refractivity contribution in [2.75, 3.05) is 18.6 Å². The summed E-state index contributed by atoms with van der Waals surface area (Å²) in [6.45, 7) is 0.710. The number of hydrogen-bond donors (Lipinski definition) is 0. The number of aromatic nitrogens is 1. The zero-order chi connectivity index (χ0) is 19.1. The fourth-order valence-corrected chi connectivity index (χ4v) is 3.65. The van der Waals surface area contributed by atoms with Crippen LogP contribution in [-0.2, 0) is 11.3 Å². The minimum absolute atomic E-state index is 0.0445. The number of carbonyl (C=O) groups is 1. The van der Waals surface area contributed by atoms with Crippen LogP contribution in [0.1, 0.15) is 30.7 Å². The molecule has 2 aromatic rings. The first-order valence-electron chi connectivity index (χ1n) is 9.00. The summed E-state index contributed by atoms with van der Waals surface area (Å²) in [5.41, 5.74) is -0.116. The van der Waals surface area contributed by atoms with Gasteiger partial charge in [-0.15, -0.1) is 0 Å². The lowest BCUT2D eigenvalue weighted by Crippen LogP contribution is -2.33. The molecule has 5 nitrogen and oxygen atoms in total. The molecule has 0 N–H and O–H groups in total. The molecule has 0 radical (unpaired) electrons. The van der Waals surface area contributed by atoms with Gasteiger partial charge in [0.25, 0.3) is 5.56 Å². The molecule has 1 saturated heterocycles. The van der Waals surface area contributed by atoms with Gasteiger partial charge >= 0.3 is 0 Å². The van der Waals surface area contributed by atoms with Crippen LogP contribution in [0, 0.1) is 17.6 Å². The lowest BCUT2D eigenvalue weighted by Gasteiger charge is -2.18. The highest BCUT2D eigenvalue weighted by molar-refractivity contribution is 5.96. The second kappa shape index (κ2) is 6.79. The van der Waals surface area contributed by atoms with Crippen LogP contribution >= 0.6 is 0 Å². The average Bonchev–Trinajstić information content (AvgIpc) is 3.37. The number of carbonyl (C=O) groups excluding carboxylic acids is 1. The van der Waals surface area contributed by atoms with Crippen LogP contribution in [0.2, 0.25) is 0 Å². The Balaban J connectivity index is 1.63. The van der Waals surface area contributed by atoms with Gasteiger partial charge in [0.2, 0.25) is 5.91 Å². The maximum absolute atomic E-state index is 14.4. The Labute approximate surface area is 155 Å². The lowest BCUT2D eigenvalue weighted by molar-refractivity contribution is -0.117. The maximum atomic E-state index is 14.4. The molecule has 1 atom stereocenters. The van der Waals surface area contributed by atoms with Crippen molar-refractivity contribution in [2.45, 2.75) is 31.7 Å². The van der Waals surface area contributed by atoms with Gasteiger partial charge in [-0.3, -0.25) is 9.59 Å². The van der Waals surface area contributed by atoms with E-state index in [9.17, 15) is 18.4 Å². The Morgan fingerprint density at radius 1 is 1.19 bits per heavy atom. The van der Waals surface area contributed by atoms with Crippen LogP contribution in [0.25, 0.3) is 0 Å². The molecule has 7 heteroatoms. The smallest absolute Gasteiger partial charge is 0.274 e. The molecular weight excluding hydrogens is 354 g/mol. The highest BCUT2D eigenvalue weighted by Gasteiger charge is 2.36. The van der Waals surface area contributed by atoms with Crippen molar-refractivity contribution in [1.82, 2.24) is 4.57 Å². The van der Waals surface area contributed by atoms with Crippen LogP contribution in [0.4, 0.5) is 14.5 Å². The Kier molecular flexibility index (Phi) is 4.45. The zero-order valence-electron chi connectivity index (χ0n) is 15.0. The molecule has 2 heterocycles. The van der Waals surface area contributed by atoms with E-state index in [2.05, 4.69) is 0 Å². The number of benzene rings is 1. The van der Waals surface area contributed by atoms with Gasteiger partial charge in [0.15, 0.2) is 0 Å². The Bertz CT molecular complexity index is 929. The molecule has 1 saturated carbocycles. The predicted octanol–water partition coefficient (Wildman–Crippen LogP) is 3.07. The topological polar surface area (TPSA) is 51.5 Å². The van der Waals surface area contributed by atoms with E-state index in [-0.39, 0.29) is 41.4 Å². The van der Waals surface area contributed by atoms with Crippen molar-refractivity contribution < 1.29 is 18.3 Å². The standard InChI is InChI=1S/C20H20F2N2O3/c1-27-14-8-15(21)19(16(22)9-14)13-7-18(25)24(11-13)17-3-2-6-23(20(17)26)10-12-4-5-12/h2-3,6,8-9,12-13H,4-5,7,10-11H2,1H3. The molecule has 0 spiro atoms. The van der Waals surface area contributed by atoms with Gasteiger partial charge in [0.1, 0.15) is 23.1 Å². The van der Waals surface area contributed by atoms with Crippen molar-refractivity contribution >= 4 is 11.6 Å². The molecule has 142 valence electrons. The molecule has 4 rings (SSSR count). The van der Waals surface area contributed by atoms with Crippen molar-refractivity contribution in [2.24, 2.45) is 5.92 Å². The van der Waals surface area contributed by atoms with Gasteiger partial charge < -0.3 is 14.2 Å². The summed E-state index contributed by atoms with van der Waals surface area (Å²) in [6, 6.07) is 5.54. The minimum atomic E-state index is -0.745. The first-order valence-corrected chi connectivity index (χ1v) is 9.00. The first kappa shape index (κ1) is 17.7. The molecule has 1 aromatic carbocycles. The quantitative estimate of drug-likeness (QED) is 0.808. The average molecular weight is 374 g/mol. The number of methoxy groups -OCH3 is 1. The second-order valence-electron chi connectivity index (χ2n) is 7.20. The van der Waals surface area contributed by atoms with E-state index >= 15 is 0 Å². The van der Waals surface area contributed by atoms with Crippen molar-refractivity contribution in [3.63, 3.8) is 0 Å². The highest BCUT2D eigenvalue weighted by Crippen LogP contribution is 2.35. The molecule has 1 unspecified atom stereocenters. The fraction of sp³-hybridized carbons (Fsp3) is 0.400. The summed E-state index contributed by atoms with van der Waals surface area (Å²) >= 11 is 0. The molecule has 1 aliphatic carbocycles. The van der Waals surface area contributed by atoms with Crippen LogP contribution in [-0.4, -0.2) is 24.1 Å². The molecule has 1 aliphatic heterocycles. The summed E-state index contributed by atoms with van der Waals surface area (Å²) in [6.07, 6.45) is 3.89. The molecule has 27 heavy (non-hydrogen) atoms. The van der Waals surface area contributed by atoms with E-state index in [1.165, 1.54) is 12.0 Å². The molecule has 2 fully saturated rings. The maximum Gasteiger partial charge on any atom is 0.274 e. The molecule has 1 amide bonds. The summed E-state index contributed by atoms with van der Waals surface area (Å²) in [5.74, 6) is -1.85. The molecule has 0 bridgehead atoms. The Morgan fingerprint density at radius 3 is 2.52 bits per heavy atom. The predicted molar refractivity (Wildman–Crippen MR) is 96.0 cm³/mol. The van der Waals surface area contributed by atoms with Crippen molar-refractivity contribution in [3.8, 4) is 5.75 Å². The number of hydrogen-bond acceptors (Lipinski definition) is 3. The van der Waals surface area contributed by atoms with E-state index in [0.717, 1.165) is 25.0 Å². The largest absolute Gasteiger partial charge is 0.497 e. The Morgan fingerprint density at radius 2 is 1.89 bits per heavy atom. The molecular formula is C20H20F2N2O3. The SMILES string of the molecule is COc1cc(F)c(C2CC(=O)N(c3cccn(CC4CC4)c3=O)C2)c(F)c1. The van der Waals surface area contributed by atoms with E-state index < -0.39 is 17.6 Å². The zero-order valence-corrected chi connectivity index (χ0v) is 15.0. The third kappa shape index (κ3) is 3.34. The van der Waals surface area contributed by atoms with Gasteiger partial charge in [0, 0.05) is 49.3 Å². The number of ether oxygens (including phenoxy) is 1. The van der Waals surface area contributed by atoms with Gasteiger partial charge in [-0.1, -0.05) is 0 Å². The number of nitrogens with zero attached hydrogens (tertiary/aromatic N) is 2. The van der Waals surface area contributed by atoms with Gasteiger partial charge in [-0.05, 0) is 30.9 Å². The van der Waals surface area contributed by atoms with Crippen LogP contribution in [0.3, 0.4) is 0 Å². The minimum Gasteiger partial charge on any atom is -0.497 e. The third-order valence-electron chi connectivity index (χ3n) is 5.26. The Hall–Kier alpha value is -2.70. The highest BCUT2D eigenvalue weighted by atomic mass is 19.1. The summed E-state index contributed by atoms with van der Waals surface area (Å²) in [5, 5.41) is 0. The van der Waals surface area contributed by atoms with Crippen LogP contribution in [0.5, 0.6) is 5.75 Å². The lowest BCUT2D eigenvalue weighted by atomic mass is 9.97. The van der Waals surface area contributed by atoms with Crippen LogP contribution < -0.4 is 15.2 Å². The van der Waals surface area contributed by atoms with Gasteiger partial charge in [-0.25, -0.2) is 8.78 Å². The van der Waals surface area contributed by atoms with Crippen molar-refractivity contribution in [3.05, 3.63) is 58.0 Å².